The van der Waals surface area contributed by atoms with Crippen LogP contribution in [0.3, 0.4) is 0 Å². The monoisotopic (exact) mass is 207 g/mol. The summed E-state index contributed by atoms with van der Waals surface area (Å²) in [6, 6.07) is 7.71. The Morgan fingerprint density at radius 1 is 1.40 bits per heavy atom. The Kier molecular flexibility index (Phi) is 3.72. The van der Waals surface area contributed by atoms with Gasteiger partial charge >= 0.3 is 0 Å². The first-order valence-electron chi connectivity index (χ1n) is 4.99. The number of carbonyl (C=O) groups excluding carboxylic acids is 1. The van der Waals surface area contributed by atoms with Crippen LogP contribution in [0.2, 0.25) is 0 Å². The molecule has 0 aliphatic carbocycles. The minimum atomic E-state index is -0.273. The van der Waals surface area contributed by atoms with E-state index in [9.17, 15) is 4.79 Å². The van der Waals surface area contributed by atoms with Crippen LogP contribution in [0.15, 0.2) is 24.3 Å². The van der Waals surface area contributed by atoms with E-state index in [1.165, 1.54) is 0 Å². The standard InChI is InChI=1S/C12H17NO2/c1-8(9(2)12(13)14)10-5-4-6-11(7-10)15-3/h4-9H,1-3H3,(H2,13,14)/t8-,9?/m1/s1. The summed E-state index contributed by atoms with van der Waals surface area (Å²) in [5.74, 6) is 0.469. The topological polar surface area (TPSA) is 52.3 Å². The van der Waals surface area contributed by atoms with Crippen LogP contribution in [0.5, 0.6) is 5.75 Å². The van der Waals surface area contributed by atoms with Crippen LogP contribution in [0.1, 0.15) is 25.3 Å². The highest BCUT2D eigenvalue weighted by molar-refractivity contribution is 5.77. The predicted octanol–water partition coefficient (Wildman–Crippen LogP) is 1.92. The van der Waals surface area contributed by atoms with Gasteiger partial charge in [-0.25, -0.2) is 0 Å². The van der Waals surface area contributed by atoms with Crippen LogP contribution in [-0.4, -0.2) is 13.0 Å². The number of rotatable bonds is 4. The van der Waals surface area contributed by atoms with Crippen molar-refractivity contribution in [1.29, 1.82) is 0 Å². The molecular formula is C12H17NO2. The van der Waals surface area contributed by atoms with Crippen molar-refractivity contribution in [2.45, 2.75) is 19.8 Å². The molecule has 0 bridgehead atoms. The molecule has 0 saturated heterocycles. The van der Waals surface area contributed by atoms with Crippen LogP contribution in [0, 0.1) is 5.92 Å². The Morgan fingerprint density at radius 3 is 2.60 bits per heavy atom. The Bertz CT molecular complexity index is 349. The normalized spacial score (nSPS) is 14.3. The number of carbonyl (C=O) groups is 1. The number of nitrogens with two attached hydrogens (primary N) is 1. The maximum Gasteiger partial charge on any atom is 0.220 e. The van der Waals surface area contributed by atoms with Crippen molar-refractivity contribution in [3.63, 3.8) is 0 Å². The zero-order chi connectivity index (χ0) is 11.4. The van der Waals surface area contributed by atoms with E-state index >= 15 is 0 Å². The average molecular weight is 207 g/mol. The first-order chi connectivity index (χ1) is 7.06. The first-order valence-corrected chi connectivity index (χ1v) is 4.99. The van der Waals surface area contributed by atoms with Crippen molar-refractivity contribution in [1.82, 2.24) is 0 Å². The molecule has 0 fully saturated rings. The van der Waals surface area contributed by atoms with E-state index < -0.39 is 0 Å². The lowest BCUT2D eigenvalue weighted by Gasteiger charge is -2.17. The molecule has 3 heteroatoms. The average Bonchev–Trinajstić information content (AvgIpc) is 2.27. The quantitative estimate of drug-likeness (QED) is 0.820. The van der Waals surface area contributed by atoms with E-state index in [1.54, 1.807) is 7.11 Å². The highest BCUT2D eigenvalue weighted by Gasteiger charge is 2.19. The smallest absolute Gasteiger partial charge is 0.220 e. The van der Waals surface area contributed by atoms with Gasteiger partial charge in [-0.15, -0.1) is 0 Å². The number of methoxy groups -OCH3 is 1. The third kappa shape index (κ3) is 2.72. The molecule has 0 heterocycles. The van der Waals surface area contributed by atoms with Crippen molar-refractivity contribution < 1.29 is 9.53 Å². The van der Waals surface area contributed by atoms with Crippen molar-refractivity contribution in [2.75, 3.05) is 7.11 Å². The van der Waals surface area contributed by atoms with Crippen molar-refractivity contribution in [2.24, 2.45) is 11.7 Å². The second kappa shape index (κ2) is 4.82. The van der Waals surface area contributed by atoms with Crippen LogP contribution in [-0.2, 0) is 4.79 Å². The van der Waals surface area contributed by atoms with E-state index in [0.717, 1.165) is 11.3 Å². The molecule has 15 heavy (non-hydrogen) atoms. The minimum Gasteiger partial charge on any atom is -0.497 e. The molecular weight excluding hydrogens is 190 g/mol. The van der Waals surface area contributed by atoms with Crippen LogP contribution in [0.4, 0.5) is 0 Å². The van der Waals surface area contributed by atoms with E-state index in [4.69, 9.17) is 10.5 Å². The molecule has 1 unspecified atom stereocenters. The summed E-state index contributed by atoms with van der Waals surface area (Å²) in [4.78, 5) is 11.1. The van der Waals surface area contributed by atoms with Gasteiger partial charge in [0.1, 0.15) is 5.75 Å². The Labute approximate surface area is 90.2 Å². The molecule has 82 valence electrons. The van der Waals surface area contributed by atoms with Gasteiger partial charge in [-0.2, -0.15) is 0 Å². The largest absolute Gasteiger partial charge is 0.497 e. The number of amides is 1. The van der Waals surface area contributed by atoms with E-state index in [-0.39, 0.29) is 17.7 Å². The summed E-state index contributed by atoms with van der Waals surface area (Å²) in [5.41, 5.74) is 6.34. The van der Waals surface area contributed by atoms with Gasteiger partial charge in [-0.1, -0.05) is 26.0 Å². The third-order valence-electron chi connectivity index (χ3n) is 2.82. The maximum absolute atomic E-state index is 11.1. The van der Waals surface area contributed by atoms with Crippen LogP contribution >= 0.6 is 0 Å². The van der Waals surface area contributed by atoms with Gasteiger partial charge in [0.05, 0.1) is 7.11 Å². The number of benzene rings is 1. The molecule has 2 atom stereocenters. The summed E-state index contributed by atoms with van der Waals surface area (Å²) in [6.07, 6.45) is 0. The summed E-state index contributed by atoms with van der Waals surface area (Å²) in [5, 5.41) is 0. The lowest BCUT2D eigenvalue weighted by atomic mass is 9.88. The summed E-state index contributed by atoms with van der Waals surface area (Å²) in [6.45, 7) is 3.83. The van der Waals surface area contributed by atoms with Gasteiger partial charge in [0.25, 0.3) is 0 Å². The fraction of sp³-hybridized carbons (Fsp3) is 0.417. The molecule has 0 aromatic heterocycles. The van der Waals surface area contributed by atoms with E-state index in [2.05, 4.69) is 0 Å². The van der Waals surface area contributed by atoms with E-state index in [0.29, 0.717) is 0 Å². The Hall–Kier alpha value is -1.51. The van der Waals surface area contributed by atoms with Gasteiger partial charge < -0.3 is 10.5 Å². The molecule has 0 radical (unpaired) electrons. The molecule has 1 rings (SSSR count). The molecule has 3 nitrogen and oxygen atoms in total. The van der Waals surface area contributed by atoms with E-state index in [1.807, 2.05) is 38.1 Å². The first kappa shape index (κ1) is 11.6. The predicted molar refractivity (Wildman–Crippen MR) is 59.8 cm³/mol. The SMILES string of the molecule is COc1cccc([C@H](C)C(C)C(N)=O)c1. The molecule has 0 saturated carbocycles. The van der Waals surface area contributed by atoms with Gasteiger partial charge in [0.2, 0.25) is 5.91 Å². The highest BCUT2D eigenvalue weighted by atomic mass is 16.5. The second-order valence-corrected chi connectivity index (χ2v) is 3.76. The number of ether oxygens (including phenoxy) is 1. The molecule has 1 aromatic carbocycles. The molecule has 0 aliphatic rings. The summed E-state index contributed by atoms with van der Waals surface area (Å²) >= 11 is 0. The minimum absolute atomic E-state index is 0.109. The number of hydrogen-bond donors (Lipinski definition) is 1. The van der Waals surface area contributed by atoms with Crippen LogP contribution in [0.25, 0.3) is 0 Å². The van der Waals surface area contributed by atoms with Gasteiger partial charge in [-0.3, -0.25) is 4.79 Å². The van der Waals surface area contributed by atoms with Gasteiger partial charge in [-0.05, 0) is 23.6 Å². The van der Waals surface area contributed by atoms with Crippen molar-refractivity contribution in [3.05, 3.63) is 29.8 Å². The van der Waals surface area contributed by atoms with Gasteiger partial charge in [0.15, 0.2) is 0 Å². The number of primary amides is 1. The number of hydrogen-bond acceptors (Lipinski definition) is 2. The molecule has 1 amide bonds. The molecule has 2 N–H and O–H groups in total. The Morgan fingerprint density at radius 2 is 2.07 bits per heavy atom. The molecule has 1 aromatic rings. The van der Waals surface area contributed by atoms with Gasteiger partial charge in [0, 0.05) is 5.92 Å². The highest BCUT2D eigenvalue weighted by Crippen LogP contribution is 2.26. The van der Waals surface area contributed by atoms with Crippen molar-refractivity contribution in [3.8, 4) is 5.75 Å². The third-order valence-corrected chi connectivity index (χ3v) is 2.82. The van der Waals surface area contributed by atoms with Crippen LogP contribution < -0.4 is 10.5 Å². The zero-order valence-electron chi connectivity index (χ0n) is 9.36. The Balaban J connectivity index is 2.90. The molecule has 0 spiro atoms. The second-order valence-electron chi connectivity index (χ2n) is 3.76. The lowest BCUT2D eigenvalue weighted by molar-refractivity contribution is -0.121. The lowest BCUT2D eigenvalue weighted by Crippen LogP contribution is -2.24. The summed E-state index contributed by atoms with van der Waals surface area (Å²) in [7, 11) is 1.63. The molecule has 0 aliphatic heterocycles. The zero-order valence-corrected chi connectivity index (χ0v) is 9.36. The fourth-order valence-corrected chi connectivity index (χ4v) is 1.46. The fourth-order valence-electron chi connectivity index (χ4n) is 1.46. The van der Waals surface area contributed by atoms with Crippen molar-refractivity contribution >= 4 is 5.91 Å². The summed E-state index contributed by atoms with van der Waals surface area (Å²) < 4.78 is 5.13. The maximum atomic E-state index is 11.1.